The van der Waals surface area contributed by atoms with E-state index in [4.69, 9.17) is 5.41 Å². The maximum atomic E-state index is 8.65. The Hall–Kier alpha value is -1.97. The fourth-order valence-electron chi connectivity index (χ4n) is 3.55. The number of thiophene rings is 1. The normalized spacial score (nSPS) is 12.6. The summed E-state index contributed by atoms with van der Waals surface area (Å²) in [6.07, 6.45) is 2.93. The summed E-state index contributed by atoms with van der Waals surface area (Å²) in [6.45, 7) is 4.12. The zero-order valence-electron chi connectivity index (χ0n) is 15.7. The van der Waals surface area contributed by atoms with Crippen LogP contribution in [0, 0.1) is 5.41 Å². The van der Waals surface area contributed by atoms with Gasteiger partial charge in [0.2, 0.25) is 0 Å². The molecule has 2 aromatic carbocycles. The van der Waals surface area contributed by atoms with Crippen LogP contribution < -0.4 is 0 Å². The second-order valence-electron chi connectivity index (χ2n) is 7.03. The highest BCUT2D eigenvalue weighted by Crippen LogP contribution is 2.34. The second kappa shape index (κ2) is 9.11. The molecule has 0 aliphatic heterocycles. The first-order valence-corrected chi connectivity index (χ1v) is 10.3. The molecule has 0 aliphatic rings. The molecular weight excluding hydrogens is 336 g/mol. The summed E-state index contributed by atoms with van der Waals surface area (Å²) in [5, 5.41) is 12.3. The van der Waals surface area contributed by atoms with Crippen LogP contribution in [0.3, 0.4) is 0 Å². The van der Waals surface area contributed by atoms with E-state index in [1.54, 1.807) is 11.3 Å². The van der Waals surface area contributed by atoms with Gasteiger partial charge in [0, 0.05) is 22.9 Å². The molecule has 1 aromatic heterocycles. The van der Waals surface area contributed by atoms with Crippen LogP contribution in [0.4, 0.5) is 0 Å². The van der Waals surface area contributed by atoms with Crippen molar-refractivity contribution in [3.8, 4) is 0 Å². The lowest BCUT2D eigenvalue weighted by molar-refractivity contribution is 0.319. The molecule has 0 saturated carbocycles. The monoisotopic (exact) mass is 364 g/mol. The molecule has 0 fully saturated rings. The minimum absolute atomic E-state index is 0.226. The number of nitrogens with one attached hydrogen (secondary N) is 1. The van der Waals surface area contributed by atoms with Crippen molar-refractivity contribution in [2.24, 2.45) is 0 Å². The van der Waals surface area contributed by atoms with Crippen molar-refractivity contribution < 1.29 is 0 Å². The van der Waals surface area contributed by atoms with Crippen molar-refractivity contribution in [2.75, 3.05) is 13.6 Å². The number of benzene rings is 2. The van der Waals surface area contributed by atoms with Crippen molar-refractivity contribution in [1.29, 1.82) is 5.41 Å². The molecule has 0 radical (unpaired) electrons. The van der Waals surface area contributed by atoms with Gasteiger partial charge in [-0.25, -0.2) is 0 Å². The Morgan fingerprint density at radius 2 is 1.81 bits per heavy atom. The average Bonchev–Trinajstić information content (AvgIpc) is 3.07. The van der Waals surface area contributed by atoms with Gasteiger partial charge in [-0.15, -0.1) is 11.3 Å². The van der Waals surface area contributed by atoms with E-state index in [0.29, 0.717) is 0 Å². The Morgan fingerprint density at radius 3 is 2.58 bits per heavy atom. The zero-order chi connectivity index (χ0) is 18.4. The molecule has 0 aliphatic carbocycles. The third kappa shape index (κ3) is 4.60. The maximum Gasteiger partial charge on any atom is 0.0345 e. The minimum Gasteiger partial charge on any atom is -0.309 e. The Morgan fingerprint density at radius 1 is 1.08 bits per heavy atom. The topological polar surface area (TPSA) is 27.1 Å². The van der Waals surface area contributed by atoms with Gasteiger partial charge in [-0.05, 0) is 54.4 Å². The molecule has 2 nitrogen and oxygen atoms in total. The van der Waals surface area contributed by atoms with Crippen LogP contribution in [0.2, 0.25) is 0 Å². The first-order chi connectivity index (χ1) is 12.7. The molecule has 1 N–H and O–H groups in total. The lowest BCUT2D eigenvalue weighted by Gasteiger charge is -2.22. The van der Waals surface area contributed by atoms with Gasteiger partial charge in [0.05, 0.1) is 0 Å². The maximum absolute atomic E-state index is 8.65. The molecule has 0 bridgehead atoms. The van der Waals surface area contributed by atoms with Crippen molar-refractivity contribution in [3.63, 3.8) is 0 Å². The highest BCUT2D eigenvalue weighted by molar-refractivity contribution is 7.17. The molecule has 1 atom stereocenters. The highest BCUT2D eigenvalue weighted by atomic mass is 32.1. The molecule has 3 rings (SSSR count). The average molecular weight is 365 g/mol. The van der Waals surface area contributed by atoms with Crippen LogP contribution in [0.5, 0.6) is 0 Å². The first kappa shape index (κ1) is 18.8. The van der Waals surface area contributed by atoms with Gasteiger partial charge in [-0.2, -0.15) is 0 Å². The van der Waals surface area contributed by atoms with E-state index >= 15 is 0 Å². The van der Waals surface area contributed by atoms with E-state index < -0.39 is 0 Å². The van der Waals surface area contributed by atoms with Crippen molar-refractivity contribution in [2.45, 2.75) is 38.6 Å². The zero-order valence-corrected chi connectivity index (χ0v) is 16.6. The van der Waals surface area contributed by atoms with Crippen LogP contribution in [-0.4, -0.2) is 24.2 Å². The summed E-state index contributed by atoms with van der Waals surface area (Å²) < 4.78 is 1.33. The molecule has 0 spiro atoms. The largest absolute Gasteiger partial charge is 0.309 e. The quantitative estimate of drug-likeness (QED) is 0.441. The van der Waals surface area contributed by atoms with Crippen molar-refractivity contribution in [1.82, 2.24) is 4.90 Å². The van der Waals surface area contributed by atoms with E-state index in [-0.39, 0.29) is 5.92 Å². The number of nitrogens with zero attached hydrogens (tertiary/aromatic N) is 1. The third-order valence-electron chi connectivity index (χ3n) is 4.92. The Bertz CT molecular complexity index is 838. The third-order valence-corrected chi connectivity index (χ3v) is 5.90. The lowest BCUT2D eigenvalue weighted by Crippen LogP contribution is -2.23. The Labute approximate surface area is 161 Å². The second-order valence-corrected chi connectivity index (χ2v) is 7.94. The van der Waals surface area contributed by atoms with Gasteiger partial charge in [-0.3, -0.25) is 0 Å². The van der Waals surface area contributed by atoms with Gasteiger partial charge in [0.15, 0.2) is 0 Å². The molecule has 136 valence electrons. The summed E-state index contributed by atoms with van der Waals surface area (Å²) in [5.74, 6) is 0.226. The van der Waals surface area contributed by atoms with E-state index in [1.165, 1.54) is 21.2 Å². The van der Waals surface area contributed by atoms with Crippen molar-refractivity contribution >= 4 is 27.1 Å². The molecular formula is C23H28N2S. The van der Waals surface area contributed by atoms with Crippen LogP contribution in [-0.2, 0) is 6.54 Å². The predicted octanol–water partition coefficient (Wildman–Crippen LogP) is 6.33. The number of fused-ring (bicyclic) bond motifs is 1. The molecule has 3 heteroatoms. The van der Waals surface area contributed by atoms with Crippen LogP contribution >= 0.6 is 11.3 Å². The summed E-state index contributed by atoms with van der Waals surface area (Å²) in [7, 11) is 2.18. The van der Waals surface area contributed by atoms with Crippen LogP contribution in [0.25, 0.3) is 10.1 Å². The fourth-order valence-corrected chi connectivity index (χ4v) is 4.57. The van der Waals surface area contributed by atoms with Gasteiger partial charge in [0.25, 0.3) is 0 Å². The lowest BCUT2D eigenvalue weighted by atomic mass is 9.88. The first-order valence-electron chi connectivity index (χ1n) is 9.45. The van der Waals surface area contributed by atoms with Gasteiger partial charge >= 0.3 is 0 Å². The summed E-state index contributed by atoms with van der Waals surface area (Å²) in [4.78, 5) is 2.37. The van der Waals surface area contributed by atoms with Crippen LogP contribution in [0.1, 0.15) is 43.2 Å². The smallest absolute Gasteiger partial charge is 0.0345 e. The predicted molar refractivity (Wildman–Crippen MR) is 115 cm³/mol. The highest BCUT2D eigenvalue weighted by Gasteiger charge is 2.20. The molecule has 1 unspecified atom stereocenters. The van der Waals surface area contributed by atoms with E-state index in [9.17, 15) is 0 Å². The standard InChI is InChI=1S/C23H28N2S/c1-3-9-22(24)19(21-17-26-23-13-8-7-12-20(21)23)14-15-25(2)16-18-10-5-4-6-11-18/h4-8,10-13,17,19,24H,3,9,14-16H2,1-2H3. The van der Waals surface area contributed by atoms with E-state index in [1.807, 2.05) is 0 Å². The molecule has 26 heavy (non-hydrogen) atoms. The minimum atomic E-state index is 0.226. The van der Waals surface area contributed by atoms with E-state index in [2.05, 4.69) is 78.8 Å². The number of hydrogen-bond donors (Lipinski definition) is 1. The number of hydrogen-bond acceptors (Lipinski definition) is 3. The molecule has 3 aromatic rings. The molecule has 1 heterocycles. The summed E-state index contributed by atoms with van der Waals surface area (Å²) in [5.41, 5.74) is 3.57. The van der Waals surface area contributed by atoms with Crippen molar-refractivity contribution in [3.05, 3.63) is 71.1 Å². The Balaban J connectivity index is 1.73. The Kier molecular flexibility index (Phi) is 6.59. The number of rotatable bonds is 9. The summed E-state index contributed by atoms with van der Waals surface area (Å²) in [6, 6.07) is 19.2. The molecule has 0 amide bonds. The SMILES string of the molecule is CCCC(=N)C(CCN(C)Cc1ccccc1)c1csc2ccccc12. The summed E-state index contributed by atoms with van der Waals surface area (Å²) >= 11 is 1.80. The van der Waals surface area contributed by atoms with Gasteiger partial charge < -0.3 is 10.3 Å². The van der Waals surface area contributed by atoms with Gasteiger partial charge in [-0.1, -0.05) is 61.9 Å². The molecule has 0 saturated heterocycles. The van der Waals surface area contributed by atoms with Gasteiger partial charge in [0.1, 0.15) is 0 Å². The fraction of sp³-hybridized carbons (Fsp3) is 0.348. The van der Waals surface area contributed by atoms with E-state index in [0.717, 1.165) is 38.1 Å². The van der Waals surface area contributed by atoms with Crippen LogP contribution in [0.15, 0.2) is 60.0 Å².